The first-order valence-corrected chi connectivity index (χ1v) is 5.95. The number of aromatic nitrogens is 1. The van der Waals surface area contributed by atoms with Crippen molar-refractivity contribution in [3.8, 4) is 0 Å². The second kappa shape index (κ2) is 5.43. The molecule has 21 heavy (non-hydrogen) atoms. The van der Waals surface area contributed by atoms with Crippen LogP contribution in [0.4, 0.5) is 18.9 Å². The molecule has 0 aliphatic rings. The summed E-state index contributed by atoms with van der Waals surface area (Å²) in [6, 6.07) is 7.09. The fourth-order valence-corrected chi connectivity index (χ4v) is 1.72. The first-order chi connectivity index (χ1) is 9.77. The highest BCUT2D eigenvalue weighted by atomic mass is 19.4. The van der Waals surface area contributed by atoms with Gasteiger partial charge >= 0.3 is 6.18 Å². The third-order valence-electron chi connectivity index (χ3n) is 2.76. The van der Waals surface area contributed by atoms with Gasteiger partial charge in [-0.15, -0.1) is 0 Å². The number of alkyl halides is 3. The zero-order valence-electron chi connectivity index (χ0n) is 10.9. The number of halogens is 3. The Labute approximate surface area is 117 Å². The van der Waals surface area contributed by atoms with E-state index in [2.05, 4.69) is 5.32 Å². The molecule has 7 heteroatoms. The standard InChI is InChI=1S/C14H11F3N2O2/c1-8-3-2-4-9(5-8)12(20)19-11-6-10(14(15,16)17)7-18-13(11)21/h2-7H,1H3,(H,18,21)(H,19,20). The lowest BCUT2D eigenvalue weighted by Gasteiger charge is -2.09. The molecule has 0 fully saturated rings. The summed E-state index contributed by atoms with van der Waals surface area (Å²) in [6.07, 6.45) is -4.04. The van der Waals surface area contributed by atoms with E-state index in [-0.39, 0.29) is 5.56 Å². The average molecular weight is 296 g/mol. The largest absolute Gasteiger partial charge is 0.417 e. The van der Waals surface area contributed by atoms with Crippen LogP contribution in [0.25, 0.3) is 0 Å². The van der Waals surface area contributed by atoms with Gasteiger partial charge in [0.05, 0.1) is 5.56 Å². The lowest BCUT2D eigenvalue weighted by molar-refractivity contribution is -0.137. The van der Waals surface area contributed by atoms with Gasteiger partial charge in [-0.1, -0.05) is 17.7 Å². The first kappa shape index (κ1) is 14.8. The van der Waals surface area contributed by atoms with Crippen molar-refractivity contribution in [3.63, 3.8) is 0 Å². The van der Waals surface area contributed by atoms with E-state index in [4.69, 9.17) is 0 Å². The van der Waals surface area contributed by atoms with Crippen molar-refractivity contribution in [2.45, 2.75) is 13.1 Å². The molecule has 0 saturated carbocycles. The number of aryl methyl sites for hydroxylation is 1. The number of benzene rings is 1. The molecule has 0 saturated heterocycles. The molecule has 0 aliphatic carbocycles. The number of amides is 1. The van der Waals surface area contributed by atoms with Crippen LogP contribution in [0.5, 0.6) is 0 Å². The lowest BCUT2D eigenvalue weighted by atomic mass is 10.1. The molecule has 0 bridgehead atoms. The molecule has 0 unspecified atom stereocenters. The maximum Gasteiger partial charge on any atom is 0.417 e. The summed E-state index contributed by atoms with van der Waals surface area (Å²) >= 11 is 0. The van der Waals surface area contributed by atoms with Crippen LogP contribution in [-0.4, -0.2) is 10.9 Å². The highest BCUT2D eigenvalue weighted by molar-refractivity contribution is 6.04. The number of carbonyl (C=O) groups is 1. The minimum Gasteiger partial charge on any atom is -0.327 e. The third kappa shape index (κ3) is 3.50. The fraction of sp³-hybridized carbons (Fsp3) is 0.143. The first-order valence-electron chi connectivity index (χ1n) is 5.95. The number of nitrogens with one attached hydrogen (secondary N) is 2. The highest BCUT2D eigenvalue weighted by Crippen LogP contribution is 2.29. The third-order valence-corrected chi connectivity index (χ3v) is 2.76. The van der Waals surface area contributed by atoms with E-state index in [1.807, 2.05) is 4.98 Å². The summed E-state index contributed by atoms with van der Waals surface area (Å²) < 4.78 is 37.7. The van der Waals surface area contributed by atoms with E-state index < -0.39 is 28.9 Å². The van der Waals surface area contributed by atoms with Crippen molar-refractivity contribution in [1.82, 2.24) is 4.98 Å². The van der Waals surface area contributed by atoms with E-state index >= 15 is 0 Å². The molecule has 4 nitrogen and oxygen atoms in total. The summed E-state index contributed by atoms with van der Waals surface area (Å²) in [6.45, 7) is 1.77. The molecule has 0 radical (unpaired) electrons. The van der Waals surface area contributed by atoms with E-state index in [1.165, 1.54) is 6.07 Å². The number of hydrogen-bond acceptors (Lipinski definition) is 2. The second-order valence-corrected chi connectivity index (χ2v) is 4.45. The topological polar surface area (TPSA) is 62.0 Å². The summed E-state index contributed by atoms with van der Waals surface area (Å²) in [5.41, 5.74) is -1.21. The molecule has 1 heterocycles. The van der Waals surface area contributed by atoms with Crippen molar-refractivity contribution in [2.75, 3.05) is 5.32 Å². The van der Waals surface area contributed by atoms with Crippen LogP contribution in [-0.2, 0) is 6.18 Å². The number of aromatic amines is 1. The molecule has 1 amide bonds. The van der Waals surface area contributed by atoms with Crippen LogP contribution in [0.1, 0.15) is 21.5 Å². The number of H-pyrrole nitrogens is 1. The molecule has 2 N–H and O–H groups in total. The van der Waals surface area contributed by atoms with Gasteiger partial charge in [0, 0.05) is 11.8 Å². The highest BCUT2D eigenvalue weighted by Gasteiger charge is 2.31. The fourth-order valence-electron chi connectivity index (χ4n) is 1.72. The summed E-state index contributed by atoms with van der Waals surface area (Å²) in [5, 5.41) is 2.18. The van der Waals surface area contributed by atoms with Gasteiger partial charge in [0.1, 0.15) is 5.69 Å². The van der Waals surface area contributed by atoms with Crippen LogP contribution in [0.15, 0.2) is 41.3 Å². The van der Waals surface area contributed by atoms with Crippen LogP contribution < -0.4 is 10.9 Å². The van der Waals surface area contributed by atoms with E-state index in [9.17, 15) is 22.8 Å². The van der Waals surface area contributed by atoms with Crippen molar-refractivity contribution in [2.24, 2.45) is 0 Å². The Kier molecular flexibility index (Phi) is 3.84. The van der Waals surface area contributed by atoms with Crippen LogP contribution in [0.2, 0.25) is 0 Å². The molecule has 0 spiro atoms. The average Bonchev–Trinajstić information content (AvgIpc) is 2.40. The minimum absolute atomic E-state index is 0.256. The van der Waals surface area contributed by atoms with Crippen LogP contribution in [0.3, 0.4) is 0 Å². The van der Waals surface area contributed by atoms with Gasteiger partial charge in [-0.05, 0) is 25.1 Å². The van der Waals surface area contributed by atoms with Gasteiger partial charge in [-0.25, -0.2) is 0 Å². The van der Waals surface area contributed by atoms with Gasteiger partial charge in [0.15, 0.2) is 0 Å². The SMILES string of the molecule is Cc1cccc(C(=O)Nc2cc(C(F)(F)F)c[nH]c2=O)c1. The van der Waals surface area contributed by atoms with Gasteiger partial charge < -0.3 is 10.3 Å². The lowest BCUT2D eigenvalue weighted by Crippen LogP contribution is -2.21. The Balaban J connectivity index is 2.31. The zero-order chi connectivity index (χ0) is 15.6. The number of rotatable bonds is 2. The maximum absolute atomic E-state index is 12.6. The van der Waals surface area contributed by atoms with Gasteiger partial charge in [0.2, 0.25) is 0 Å². The number of anilines is 1. The minimum atomic E-state index is -4.60. The Morgan fingerprint density at radius 1 is 1.24 bits per heavy atom. The van der Waals surface area contributed by atoms with Crippen molar-refractivity contribution in [1.29, 1.82) is 0 Å². The Bertz CT molecular complexity index is 735. The van der Waals surface area contributed by atoms with Gasteiger partial charge in [-0.3, -0.25) is 9.59 Å². The van der Waals surface area contributed by atoms with Crippen molar-refractivity contribution >= 4 is 11.6 Å². The molecule has 110 valence electrons. The zero-order valence-corrected chi connectivity index (χ0v) is 10.9. The van der Waals surface area contributed by atoms with Crippen LogP contribution in [0, 0.1) is 6.92 Å². The molecular formula is C14H11F3N2O2. The number of pyridine rings is 1. The number of hydrogen-bond donors (Lipinski definition) is 2. The summed E-state index contributed by atoms with van der Waals surface area (Å²) in [5.74, 6) is -0.650. The predicted octanol–water partition coefficient (Wildman–Crippen LogP) is 2.95. The van der Waals surface area contributed by atoms with Gasteiger partial charge in [0.25, 0.3) is 11.5 Å². The molecule has 1 aromatic heterocycles. The van der Waals surface area contributed by atoms with Crippen LogP contribution >= 0.6 is 0 Å². The second-order valence-electron chi connectivity index (χ2n) is 4.45. The smallest absolute Gasteiger partial charge is 0.327 e. The van der Waals surface area contributed by atoms with E-state index in [0.717, 1.165) is 5.56 Å². The van der Waals surface area contributed by atoms with Crippen molar-refractivity contribution in [3.05, 3.63) is 63.6 Å². The maximum atomic E-state index is 12.6. The molecular weight excluding hydrogens is 285 g/mol. The Hall–Kier alpha value is -2.57. The van der Waals surface area contributed by atoms with E-state index in [1.54, 1.807) is 25.1 Å². The quantitative estimate of drug-likeness (QED) is 0.895. The van der Waals surface area contributed by atoms with Crippen molar-refractivity contribution < 1.29 is 18.0 Å². The molecule has 1 aromatic carbocycles. The van der Waals surface area contributed by atoms with E-state index in [0.29, 0.717) is 12.3 Å². The molecule has 2 aromatic rings. The molecule has 2 rings (SSSR count). The Morgan fingerprint density at radius 2 is 1.95 bits per heavy atom. The monoisotopic (exact) mass is 296 g/mol. The molecule has 0 atom stereocenters. The normalized spacial score (nSPS) is 11.2. The Morgan fingerprint density at radius 3 is 2.57 bits per heavy atom. The number of carbonyl (C=O) groups excluding carboxylic acids is 1. The summed E-state index contributed by atoms with van der Waals surface area (Å²) in [4.78, 5) is 25.4. The van der Waals surface area contributed by atoms with Gasteiger partial charge in [-0.2, -0.15) is 13.2 Å². The predicted molar refractivity (Wildman–Crippen MR) is 71.2 cm³/mol. The summed E-state index contributed by atoms with van der Waals surface area (Å²) in [7, 11) is 0. The molecule has 0 aliphatic heterocycles.